The molecule has 104 valence electrons. The van der Waals surface area contributed by atoms with Gasteiger partial charge in [-0.3, -0.25) is 4.18 Å². The van der Waals surface area contributed by atoms with E-state index in [0.717, 1.165) is 7.11 Å². The van der Waals surface area contributed by atoms with E-state index in [1.165, 1.54) is 26.4 Å². The highest BCUT2D eigenvalue weighted by Crippen LogP contribution is 2.38. The lowest BCUT2D eigenvalue weighted by atomic mass is 10.3. The molecule has 1 aromatic carbocycles. The van der Waals surface area contributed by atoms with E-state index in [-0.39, 0.29) is 23.0 Å². The Morgan fingerprint density at radius 1 is 1.16 bits per heavy atom. The van der Waals surface area contributed by atoms with Crippen LogP contribution >= 0.6 is 0 Å². The van der Waals surface area contributed by atoms with Crippen LogP contribution in [0.25, 0.3) is 0 Å². The van der Waals surface area contributed by atoms with Crippen molar-refractivity contribution in [3.8, 4) is 29.6 Å². The number of rotatable bonds is 6. The lowest BCUT2D eigenvalue weighted by Gasteiger charge is -2.14. The third-order valence-electron chi connectivity index (χ3n) is 2.23. The maximum Gasteiger partial charge on any atom is 0.304 e. The predicted molar refractivity (Wildman–Crippen MR) is 68.1 cm³/mol. The van der Waals surface area contributed by atoms with E-state index in [1.807, 2.05) is 0 Å². The van der Waals surface area contributed by atoms with Crippen molar-refractivity contribution in [3.05, 3.63) is 12.1 Å². The van der Waals surface area contributed by atoms with Crippen molar-refractivity contribution < 1.29 is 26.8 Å². The summed E-state index contributed by atoms with van der Waals surface area (Å²) in [4.78, 5) is -0.201. The molecule has 0 N–H and O–H groups in total. The Morgan fingerprint density at radius 3 is 2.05 bits per heavy atom. The van der Waals surface area contributed by atoms with E-state index in [1.54, 1.807) is 0 Å². The zero-order valence-electron chi connectivity index (χ0n) is 10.8. The van der Waals surface area contributed by atoms with Gasteiger partial charge in [-0.1, -0.05) is 5.92 Å². The van der Waals surface area contributed by atoms with E-state index in [0.29, 0.717) is 5.75 Å². The first-order valence-electron chi connectivity index (χ1n) is 5.13. The Morgan fingerprint density at radius 2 is 1.68 bits per heavy atom. The summed E-state index contributed by atoms with van der Waals surface area (Å²) in [6.07, 6.45) is 5.08. The highest BCUT2D eigenvalue weighted by molar-refractivity contribution is 7.87. The van der Waals surface area contributed by atoms with E-state index in [4.69, 9.17) is 20.6 Å². The van der Waals surface area contributed by atoms with Crippen LogP contribution in [-0.2, 0) is 14.3 Å². The fourth-order valence-corrected chi connectivity index (χ4v) is 2.34. The molecule has 0 aromatic heterocycles. The lowest BCUT2D eigenvalue weighted by molar-refractivity contribution is 0.337. The number of hydrogen-bond donors (Lipinski definition) is 0. The zero-order chi connectivity index (χ0) is 14.5. The Labute approximate surface area is 112 Å². The molecule has 0 bridgehead atoms. The minimum absolute atomic E-state index is 0.0443. The zero-order valence-corrected chi connectivity index (χ0v) is 11.6. The highest BCUT2D eigenvalue weighted by atomic mass is 32.2. The van der Waals surface area contributed by atoms with Crippen LogP contribution in [0.4, 0.5) is 0 Å². The van der Waals surface area contributed by atoms with Gasteiger partial charge in [-0.15, -0.1) is 6.42 Å². The van der Waals surface area contributed by atoms with Gasteiger partial charge in [0.05, 0.1) is 21.3 Å². The van der Waals surface area contributed by atoms with Crippen LogP contribution in [0.5, 0.6) is 17.2 Å². The van der Waals surface area contributed by atoms with Crippen molar-refractivity contribution in [2.75, 3.05) is 27.9 Å². The van der Waals surface area contributed by atoms with Crippen LogP contribution in [0, 0.1) is 12.3 Å². The minimum Gasteiger partial charge on any atom is -0.495 e. The van der Waals surface area contributed by atoms with Crippen LogP contribution < -0.4 is 14.2 Å². The SMILES string of the molecule is C#CCOc1cc(OC)c(S(=O)(=O)OC)c(OC)c1. The van der Waals surface area contributed by atoms with Crippen LogP contribution in [0.1, 0.15) is 0 Å². The number of methoxy groups -OCH3 is 2. The molecule has 0 aliphatic carbocycles. The van der Waals surface area contributed by atoms with Gasteiger partial charge >= 0.3 is 10.1 Å². The fourth-order valence-electron chi connectivity index (χ4n) is 1.39. The van der Waals surface area contributed by atoms with Gasteiger partial charge in [0.2, 0.25) is 0 Å². The minimum atomic E-state index is -3.97. The standard InChI is InChI=1S/C12H14O6S/c1-5-6-18-9-7-10(15-2)12(11(8-9)16-3)19(13,14)17-4/h1,7-8H,6H2,2-4H3. The molecule has 0 fully saturated rings. The molecule has 0 aliphatic rings. The van der Waals surface area contributed by atoms with Crippen LogP contribution in [0.2, 0.25) is 0 Å². The van der Waals surface area contributed by atoms with Crippen LogP contribution in [0.15, 0.2) is 17.0 Å². The molecule has 7 heteroatoms. The average molecular weight is 286 g/mol. The maximum atomic E-state index is 11.8. The number of ether oxygens (including phenoxy) is 3. The molecule has 0 radical (unpaired) electrons. The third kappa shape index (κ3) is 3.30. The molecule has 0 heterocycles. The second-order valence-electron chi connectivity index (χ2n) is 3.27. The molecule has 0 atom stereocenters. The second kappa shape index (κ2) is 6.31. The predicted octanol–water partition coefficient (Wildman–Crippen LogP) is 1.05. The summed E-state index contributed by atoms with van der Waals surface area (Å²) >= 11 is 0. The number of hydrogen-bond acceptors (Lipinski definition) is 6. The quantitative estimate of drug-likeness (QED) is 0.575. The first kappa shape index (κ1) is 15.1. The molecular weight excluding hydrogens is 272 g/mol. The van der Waals surface area contributed by atoms with Gasteiger partial charge in [-0.25, -0.2) is 0 Å². The van der Waals surface area contributed by atoms with Crippen molar-refractivity contribution in [3.63, 3.8) is 0 Å². The summed E-state index contributed by atoms with van der Waals surface area (Å²) in [5.41, 5.74) is 0. The Balaban J connectivity index is 3.43. The van der Waals surface area contributed by atoms with E-state index >= 15 is 0 Å². The van der Waals surface area contributed by atoms with Crippen molar-refractivity contribution in [2.45, 2.75) is 4.90 Å². The van der Waals surface area contributed by atoms with Gasteiger partial charge < -0.3 is 14.2 Å². The molecule has 1 rings (SSSR count). The topological polar surface area (TPSA) is 71.1 Å². The summed E-state index contributed by atoms with van der Waals surface area (Å²) in [6.45, 7) is 0.0443. The monoisotopic (exact) mass is 286 g/mol. The molecule has 19 heavy (non-hydrogen) atoms. The largest absolute Gasteiger partial charge is 0.495 e. The smallest absolute Gasteiger partial charge is 0.304 e. The van der Waals surface area contributed by atoms with Gasteiger partial charge in [0.25, 0.3) is 0 Å². The summed E-state index contributed by atoms with van der Waals surface area (Å²) < 4.78 is 43.4. The summed E-state index contributed by atoms with van der Waals surface area (Å²) in [7, 11) is -0.259. The van der Waals surface area contributed by atoms with Gasteiger partial charge in [0.15, 0.2) is 4.90 Å². The first-order valence-corrected chi connectivity index (χ1v) is 6.54. The molecule has 0 amide bonds. The molecule has 0 saturated carbocycles. The molecule has 6 nitrogen and oxygen atoms in total. The Hall–Kier alpha value is -1.91. The average Bonchev–Trinajstić information content (AvgIpc) is 2.43. The van der Waals surface area contributed by atoms with Gasteiger partial charge in [0.1, 0.15) is 23.9 Å². The Bertz CT molecular complexity index is 560. The van der Waals surface area contributed by atoms with Gasteiger partial charge in [0, 0.05) is 12.1 Å². The maximum absolute atomic E-state index is 11.8. The molecule has 0 spiro atoms. The van der Waals surface area contributed by atoms with Crippen molar-refractivity contribution >= 4 is 10.1 Å². The fraction of sp³-hybridized carbons (Fsp3) is 0.333. The van der Waals surface area contributed by atoms with Crippen molar-refractivity contribution in [1.29, 1.82) is 0 Å². The highest BCUT2D eigenvalue weighted by Gasteiger charge is 2.26. The number of benzene rings is 1. The summed E-state index contributed by atoms with van der Waals surface area (Å²) in [5.74, 6) is 2.73. The van der Waals surface area contributed by atoms with Gasteiger partial charge in [-0.05, 0) is 0 Å². The molecule has 0 unspecified atom stereocenters. The molecule has 1 aromatic rings. The summed E-state index contributed by atoms with van der Waals surface area (Å²) in [5, 5.41) is 0. The van der Waals surface area contributed by atoms with Gasteiger partial charge in [-0.2, -0.15) is 8.42 Å². The normalized spacial score (nSPS) is 10.6. The van der Waals surface area contributed by atoms with Crippen LogP contribution in [0.3, 0.4) is 0 Å². The van der Waals surface area contributed by atoms with Crippen molar-refractivity contribution in [2.24, 2.45) is 0 Å². The first-order chi connectivity index (χ1) is 9.00. The number of terminal acetylenes is 1. The lowest BCUT2D eigenvalue weighted by Crippen LogP contribution is -2.08. The second-order valence-corrected chi connectivity index (χ2v) is 4.92. The van der Waals surface area contributed by atoms with E-state index in [9.17, 15) is 8.42 Å². The molecule has 0 aliphatic heterocycles. The van der Waals surface area contributed by atoms with E-state index < -0.39 is 10.1 Å². The van der Waals surface area contributed by atoms with Crippen LogP contribution in [-0.4, -0.2) is 36.4 Å². The summed E-state index contributed by atoms with van der Waals surface area (Å²) in [6, 6.07) is 2.79. The van der Waals surface area contributed by atoms with E-state index in [2.05, 4.69) is 10.1 Å². The molecule has 0 saturated heterocycles. The van der Waals surface area contributed by atoms with Crippen molar-refractivity contribution in [1.82, 2.24) is 0 Å². The molecular formula is C12H14O6S. The Kier molecular flexibility index (Phi) is 5.03. The third-order valence-corrected chi connectivity index (χ3v) is 3.57.